The van der Waals surface area contributed by atoms with Gasteiger partial charge in [0, 0.05) is 44.9 Å². The molecule has 1 unspecified atom stereocenters. The average molecular weight is 487 g/mol. The number of nitrogens with one attached hydrogen (secondary N) is 2. The van der Waals surface area contributed by atoms with E-state index >= 15 is 0 Å². The first-order chi connectivity index (χ1) is 12.6. The number of amides is 1. The number of likely N-dealkylation sites (tertiary alicyclic amines) is 1. The summed E-state index contributed by atoms with van der Waals surface area (Å²) >= 11 is 0. The number of rotatable bonds is 7. The molecule has 1 aliphatic carbocycles. The summed E-state index contributed by atoms with van der Waals surface area (Å²) in [6.45, 7) is 4.86. The molecule has 3 rings (SSSR count). The number of piperidine rings is 1. The van der Waals surface area contributed by atoms with Crippen LogP contribution >= 0.6 is 24.0 Å². The van der Waals surface area contributed by atoms with Gasteiger partial charge in [0.1, 0.15) is 0 Å². The molecule has 1 atom stereocenters. The lowest BCUT2D eigenvalue weighted by molar-refractivity contribution is -0.132. The van der Waals surface area contributed by atoms with Gasteiger partial charge in [0.25, 0.3) is 0 Å². The average Bonchev–Trinajstić information content (AvgIpc) is 3.46. The molecule has 8 heteroatoms. The van der Waals surface area contributed by atoms with Crippen LogP contribution in [0.1, 0.15) is 38.2 Å². The minimum Gasteiger partial charge on any atom is -0.477 e. The normalized spacial score (nSPS) is 20.1. The van der Waals surface area contributed by atoms with E-state index in [1.54, 1.807) is 11.1 Å². The summed E-state index contributed by atoms with van der Waals surface area (Å²) in [5, 5.41) is 6.72. The van der Waals surface area contributed by atoms with Gasteiger partial charge in [0.2, 0.25) is 11.8 Å². The van der Waals surface area contributed by atoms with Crippen LogP contribution in [0, 0.1) is 5.92 Å². The number of ether oxygens (including phenoxy) is 1. The van der Waals surface area contributed by atoms with E-state index in [0.29, 0.717) is 31.3 Å². The highest BCUT2D eigenvalue weighted by Crippen LogP contribution is 2.29. The van der Waals surface area contributed by atoms with Crippen LogP contribution in [0.15, 0.2) is 23.3 Å². The van der Waals surface area contributed by atoms with Crippen LogP contribution in [0.3, 0.4) is 0 Å². The molecule has 2 fully saturated rings. The summed E-state index contributed by atoms with van der Waals surface area (Å²) in [5.41, 5.74) is 1.07. The molecule has 2 N–H and O–H groups in total. The zero-order valence-corrected chi connectivity index (χ0v) is 18.4. The Balaban J connectivity index is 0.00000261. The molecule has 1 saturated heterocycles. The van der Waals surface area contributed by atoms with Gasteiger partial charge < -0.3 is 20.3 Å². The molecular formula is C19H30IN5O2. The minimum atomic E-state index is 0. The molecule has 0 bridgehead atoms. The van der Waals surface area contributed by atoms with Crippen LogP contribution in [0.25, 0.3) is 0 Å². The van der Waals surface area contributed by atoms with Crippen molar-refractivity contribution in [2.75, 3.05) is 26.7 Å². The number of hydrogen-bond donors (Lipinski definition) is 2. The van der Waals surface area contributed by atoms with E-state index in [1.165, 1.54) is 12.8 Å². The van der Waals surface area contributed by atoms with Crippen LogP contribution in [0.5, 0.6) is 5.88 Å². The molecule has 1 saturated carbocycles. The van der Waals surface area contributed by atoms with Gasteiger partial charge in [0.15, 0.2) is 5.96 Å². The first-order valence-corrected chi connectivity index (χ1v) is 9.50. The maximum atomic E-state index is 11.6. The van der Waals surface area contributed by atoms with Gasteiger partial charge in [-0.25, -0.2) is 9.98 Å². The second-order valence-electron chi connectivity index (χ2n) is 7.11. The topological polar surface area (TPSA) is 78.9 Å². The molecule has 1 aliphatic heterocycles. The lowest BCUT2D eigenvalue weighted by Crippen LogP contribution is -2.51. The second kappa shape index (κ2) is 10.7. The van der Waals surface area contributed by atoms with Gasteiger partial charge in [-0.1, -0.05) is 0 Å². The van der Waals surface area contributed by atoms with Crippen molar-refractivity contribution in [3.05, 3.63) is 23.9 Å². The minimum absolute atomic E-state index is 0. The molecule has 0 radical (unpaired) electrons. The van der Waals surface area contributed by atoms with Crippen molar-refractivity contribution in [1.82, 2.24) is 20.5 Å². The molecule has 1 aromatic rings. The number of guanidine groups is 1. The summed E-state index contributed by atoms with van der Waals surface area (Å²) in [6, 6.07) is 4.15. The van der Waals surface area contributed by atoms with Crippen molar-refractivity contribution < 1.29 is 9.53 Å². The van der Waals surface area contributed by atoms with Gasteiger partial charge in [0.05, 0.1) is 13.2 Å². The second-order valence-corrected chi connectivity index (χ2v) is 7.11. The number of hydrogen-bond acceptors (Lipinski definition) is 4. The van der Waals surface area contributed by atoms with E-state index in [0.717, 1.165) is 31.1 Å². The number of likely N-dealkylation sites (N-methyl/N-ethyl adjacent to an activating group) is 1. The van der Waals surface area contributed by atoms with E-state index in [-0.39, 0.29) is 35.9 Å². The number of nitrogens with zero attached hydrogens (tertiary/aromatic N) is 3. The number of pyridine rings is 1. The molecule has 1 aromatic heterocycles. The molecule has 2 aliphatic rings. The Hall–Kier alpha value is -1.58. The van der Waals surface area contributed by atoms with Crippen LogP contribution in [0.4, 0.5) is 0 Å². The van der Waals surface area contributed by atoms with Crippen molar-refractivity contribution in [3.8, 4) is 5.88 Å². The third-order valence-electron chi connectivity index (χ3n) is 4.69. The van der Waals surface area contributed by atoms with Crippen LogP contribution in [0.2, 0.25) is 0 Å². The molecule has 2 heterocycles. The molecule has 1 amide bonds. The Morgan fingerprint density at radius 2 is 2.22 bits per heavy atom. The first-order valence-electron chi connectivity index (χ1n) is 9.50. The third-order valence-corrected chi connectivity index (χ3v) is 4.69. The number of halogens is 1. The third kappa shape index (κ3) is 7.15. The maximum absolute atomic E-state index is 11.6. The zero-order chi connectivity index (χ0) is 18.4. The highest BCUT2D eigenvalue weighted by atomic mass is 127. The largest absolute Gasteiger partial charge is 0.477 e. The number of aliphatic imine (C=N–C) groups is 1. The van der Waals surface area contributed by atoms with Crippen molar-refractivity contribution in [2.24, 2.45) is 10.9 Å². The zero-order valence-electron chi connectivity index (χ0n) is 16.1. The quantitative estimate of drug-likeness (QED) is 0.350. The van der Waals surface area contributed by atoms with Gasteiger partial charge in [-0.05, 0) is 43.7 Å². The van der Waals surface area contributed by atoms with Gasteiger partial charge in [-0.2, -0.15) is 0 Å². The summed E-state index contributed by atoms with van der Waals surface area (Å²) in [4.78, 5) is 22.4. The Labute approximate surface area is 178 Å². The molecule has 150 valence electrons. The Kier molecular flexibility index (Phi) is 8.59. The SMILES string of the molecule is CCNC(=NCc1ccnc(OCC2CC2)c1)NC1CCC(=O)N(C)C1.I. The van der Waals surface area contributed by atoms with E-state index in [2.05, 4.69) is 20.6 Å². The van der Waals surface area contributed by atoms with Crippen molar-refractivity contribution in [3.63, 3.8) is 0 Å². The van der Waals surface area contributed by atoms with Gasteiger partial charge in [-0.3, -0.25) is 4.79 Å². The highest BCUT2D eigenvalue weighted by molar-refractivity contribution is 14.0. The molecule has 0 aromatic carbocycles. The summed E-state index contributed by atoms with van der Waals surface area (Å²) in [6.07, 6.45) is 5.73. The predicted octanol–water partition coefficient (Wildman–Crippen LogP) is 2.16. The van der Waals surface area contributed by atoms with Crippen molar-refractivity contribution >= 4 is 35.8 Å². The van der Waals surface area contributed by atoms with E-state index in [4.69, 9.17) is 4.74 Å². The first kappa shape index (κ1) is 21.7. The number of aromatic nitrogens is 1. The van der Waals surface area contributed by atoms with E-state index in [9.17, 15) is 4.79 Å². The van der Waals surface area contributed by atoms with Crippen molar-refractivity contribution in [1.29, 1.82) is 0 Å². The smallest absolute Gasteiger partial charge is 0.222 e. The molecular weight excluding hydrogens is 457 g/mol. The van der Waals surface area contributed by atoms with Crippen LogP contribution < -0.4 is 15.4 Å². The Morgan fingerprint density at radius 3 is 2.93 bits per heavy atom. The lowest BCUT2D eigenvalue weighted by atomic mass is 10.1. The fraction of sp³-hybridized carbons (Fsp3) is 0.632. The Morgan fingerprint density at radius 1 is 1.41 bits per heavy atom. The van der Waals surface area contributed by atoms with Gasteiger partial charge >= 0.3 is 0 Å². The van der Waals surface area contributed by atoms with E-state index < -0.39 is 0 Å². The summed E-state index contributed by atoms with van der Waals surface area (Å²) < 4.78 is 5.74. The standard InChI is InChI=1S/C19H29N5O2.HI/c1-3-20-19(23-16-6-7-18(25)24(2)12-16)22-11-15-8-9-21-17(10-15)26-13-14-4-5-14;/h8-10,14,16H,3-7,11-13H2,1-2H3,(H2,20,22,23);1H. The molecule has 0 spiro atoms. The Bertz CT molecular complexity index is 651. The lowest BCUT2D eigenvalue weighted by Gasteiger charge is -2.31. The monoisotopic (exact) mass is 487 g/mol. The fourth-order valence-electron chi connectivity index (χ4n) is 2.93. The molecule has 7 nitrogen and oxygen atoms in total. The predicted molar refractivity (Wildman–Crippen MR) is 116 cm³/mol. The van der Waals surface area contributed by atoms with Gasteiger partial charge in [-0.15, -0.1) is 24.0 Å². The number of carbonyl (C=O) groups excluding carboxylic acids is 1. The van der Waals surface area contributed by atoms with Crippen LogP contribution in [-0.2, 0) is 11.3 Å². The van der Waals surface area contributed by atoms with Crippen molar-refractivity contribution in [2.45, 2.75) is 45.2 Å². The fourth-order valence-corrected chi connectivity index (χ4v) is 2.93. The highest BCUT2D eigenvalue weighted by Gasteiger charge is 2.23. The summed E-state index contributed by atoms with van der Waals surface area (Å²) in [5.74, 6) is 2.37. The van der Waals surface area contributed by atoms with E-state index in [1.807, 2.05) is 26.1 Å². The number of carbonyl (C=O) groups is 1. The maximum Gasteiger partial charge on any atom is 0.222 e. The van der Waals surface area contributed by atoms with Crippen LogP contribution in [-0.4, -0.2) is 54.5 Å². The molecule has 27 heavy (non-hydrogen) atoms. The summed E-state index contributed by atoms with van der Waals surface area (Å²) in [7, 11) is 1.85.